The molecule has 0 unspecified atom stereocenters. The number of aliphatic imine (C=N–C) groups is 1. The van der Waals surface area contributed by atoms with Crippen molar-refractivity contribution in [2.75, 3.05) is 26.3 Å². The molecule has 6 heteroatoms. The topological polar surface area (TPSA) is 45.7 Å². The van der Waals surface area contributed by atoms with Crippen LogP contribution in [0.4, 0.5) is 4.39 Å². The second kappa shape index (κ2) is 11.5. The third-order valence-electron chi connectivity index (χ3n) is 5.43. The number of hydrogen-bond acceptors (Lipinski definition) is 2. The van der Waals surface area contributed by atoms with E-state index >= 15 is 0 Å². The summed E-state index contributed by atoms with van der Waals surface area (Å²) in [7, 11) is 0. The van der Waals surface area contributed by atoms with Gasteiger partial charge in [-0.15, -0.1) is 24.0 Å². The Balaban J connectivity index is 0.00000300. The van der Waals surface area contributed by atoms with E-state index in [0.717, 1.165) is 50.7 Å². The summed E-state index contributed by atoms with van der Waals surface area (Å²) in [5.74, 6) is 0.571. The molecule has 1 heterocycles. The quantitative estimate of drug-likeness (QED) is 0.340. The number of guanidine groups is 1. The van der Waals surface area contributed by atoms with Crippen LogP contribution in [0.3, 0.4) is 0 Å². The third-order valence-corrected chi connectivity index (χ3v) is 5.43. The van der Waals surface area contributed by atoms with Crippen molar-refractivity contribution in [1.82, 2.24) is 10.6 Å². The van der Waals surface area contributed by atoms with Crippen molar-refractivity contribution in [3.05, 3.63) is 71.0 Å². The number of ether oxygens (including phenoxy) is 1. The van der Waals surface area contributed by atoms with Gasteiger partial charge in [-0.3, -0.25) is 0 Å². The standard InChI is InChI=1S/C23H30FN3O.HI/c1-3-25-22(26-16-19-10-9-18(2)21(24)15-19)27-17-23(11-13-28-14-12-23)20-7-5-4-6-8-20;/h4-10,15H,3,11-14,16-17H2,1-2H3,(H2,25,26,27);1H. The van der Waals surface area contributed by atoms with Gasteiger partial charge in [0.15, 0.2) is 5.96 Å². The van der Waals surface area contributed by atoms with E-state index in [4.69, 9.17) is 4.74 Å². The first-order chi connectivity index (χ1) is 13.6. The first-order valence-electron chi connectivity index (χ1n) is 10.0. The number of benzene rings is 2. The summed E-state index contributed by atoms with van der Waals surface area (Å²) in [6.07, 6.45) is 1.96. The van der Waals surface area contributed by atoms with E-state index < -0.39 is 0 Å². The van der Waals surface area contributed by atoms with Crippen molar-refractivity contribution < 1.29 is 9.13 Å². The van der Waals surface area contributed by atoms with E-state index in [2.05, 4.69) is 46.0 Å². The van der Waals surface area contributed by atoms with Crippen LogP contribution in [0.25, 0.3) is 0 Å². The van der Waals surface area contributed by atoms with Gasteiger partial charge in [-0.2, -0.15) is 0 Å². The van der Waals surface area contributed by atoms with Crippen molar-refractivity contribution in [2.45, 2.75) is 38.6 Å². The van der Waals surface area contributed by atoms with Crippen LogP contribution in [0, 0.1) is 12.7 Å². The molecule has 1 aliphatic rings. The maximum atomic E-state index is 13.8. The van der Waals surface area contributed by atoms with E-state index in [-0.39, 0.29) is 35.2 Å². The highest BCUT2D eigenvalue weighted by molar-refractivity contribution is 14.0. The molecule has 1 fully saturated rings. The van der Waals surface area contributed by atoms with Crippen molar-refractivity contribution >= 4 is 29.9 Å². The molecule has 0 aromatic heterocycles. The van der Waals surface area contributed by atoms with E-state index in [1.54, 1.807) is 19.1 Å². The van der Waals surface area contributed by atoms with Crippen LogP contribution in [0.5, 0.6) is 0 Å². The number of rotatable bonds is 6. The number of aryl methyl sites for hydroxylation is 1. The molecule has 2 N–H and O–H groups in total. The highest BCUT2D eigenvalue weighted by Crippen LogP contribution is 2.34. The normalized spacial score (nSPS) is 16.0. The minimum Gasteiger partial charge on any atom is -0.381 e. The third kappa shape index (κ3) is 6.40. The fourth-order valence-electron chi connectivity index (χ4n) is 3.62. The Hall–Kier alpha value is -1.67. The van der Waals surface area contributed by atoms with Gasteiger partial charge in [-0.25, -0.2) is 9.38 Å². The van der Waals surface area contributed by atoms with Crippen LogP contribution in [0.1, 0.15) is 36.5 Å². The molecule has 0 spiro atoms. The summed E-state index contributed by atoms with van der Waals surface area (Å²) in [6.45, 7) is 7.35. The van der Waals surface area contributed by atoms with Crippen molar-refractivity contribution in [2.24, 2.45) is 4.99 Å². The summed E-state index contributed by atoms with van der Waals surface area (Å²) < 4.78 is 19.4. The first kappa shape index (κ1) is 23.6. The summed E-state index contributed by atoms with van der Waals surface area (Å²) >= 11 is 0. The van der Waals surface area contributed by atoms with Crippen molar-refractivity contribution in [3.63, 3.8) is 0 Å². The monoisotopic (exact) mass is 511 g/mol. The van der Waals surface area contributed by atoms with Crippen LogP contribution in [0.15, 0.2) is 53.5 Å². The molecular formula is C23H31FIN3O. The molecule has 1 saturated heterocycles. The lowest BCUT2D eigenvalue weighted by atomic mass is 9.74. The minimum atomic E-state index is -0.184. The summed E-state index contributed by atoms with van der Waals surface area (Å²) in [6, 6.07) is 15.9. The van der Waals surface area contributed by atoms with E-state index in [1.807, 2.05) is 13.0 Å². The Morgan fingerprint density at radius 2 is 1.83 bits per heavy atom. The van der Waals surface area contributed by atoms with Crippen LogP contribution in [-0.2, 0) is 16.7 Å². The fraction of sp³-hybridized carbons (Fsp3) is 0.435. The lowest BCUT2D eigenvalue weighted by Crippen LogP contribution is -2.48. The number of nitrogens with one attached hydrogen (secondary N) is 2. The molecule has 29 heavy (non-hydrogen) atoms. The average Bonchev–Trinajstić information content (AvgIpc) is 2.74. The lowest BCUT2D eigenvalue weighted by Gasteiger charge is -2.38. The Morgan fingerprint density at radius 3 is 2.48 bits per heavy atom. The van der Waals surface area contributed by atoms with Gasteiger partial charge in [-0.1, -0.05) is 42.5 Å². The van der Waals surface area contributed by atoms with Gasteiger partial charge in [-0.05, 0) is 49.4 Å². The Bertz CT molecular complexity index is 792. The zero-order valence-corrected chi connectivity index (χ0v) is 19.5. The molecule has 1 aliphatic heterocycles. The maximum absolute atomic E-state index is 13.8. The predicted octanol–water partition coefficient (Wildman–Crippen LogP) is 4.56. The van der Waals surface area contributed by atoms with Crippen LogP contribution in [0.2, 0.25) is 0 Å². The highest BCUT2D eigenvalue weighted by atomic mass is 127. The summed E-state index contributed by atoms with van der Waals surface area (Å²) in [5.41, 5.74) is 2.89. The largest absolute Gasteiger partial charge is 0.381 e. The van der Waals surface area contributed by atoms with Gasteiger partial charge in [0, 0.05) is 31.7 Å². The van der Waals surface area contributed by atoms with Crippen molar-refractivity contribution in [3.8, 4) is 0 Å². The fourth-order valence-corrected chi connectivity index (χ4v) is 3.62. The Kier molecular flexibility index (Phi) is 9.36. The SMILES string of the molecule is CCNC(=NCc1ccc(C)c(F)c1)NCC1(c2ccccc2)CCOCC1.I. The minimum absolute atomic E-state index is 0. The van der Waals surface area contributed by atoms with Crippen LogP contribution < -0.4 is 10.6 Å². The van der Waals surface area contributed by atoms with Gasteiger partial charge in [0.25, 0.3) is 0 Å². The first-order valence-corrected chi connectivity index (χ1v) is 10.0. The number of halogens is 2. The second-order valence-electron chi connectivity index (χ2n) is 7.39. The molecule has 0 radical (unpaired) electrons. The number of nitrogens with zero attached hydrogens (tertiary/aromatic N) is 1. The molecule has 3 rings (SSSR count). The molecule has 0 bridgehead atoms. The zero-order chi connectivity index (χ0) is 19.8. The average molecular weight is 511 g/mol. The maximum Gasteiger partial charge on any atom is 0.191 e. The molecule has 0 aliphatic carbocycles. The summed E-state index contributed by atoms with van der Waals surface area (Å²) in [5, 5.41) is 6.82. The molecule has 2 aromatic carbocycles. The van der Waals surface area contributed by atoms with E-state index in [0.29, 0.717) is 12.1 Å². The van der Waals surface area contributed by atoms with Gasteiger partial charge < -0.3 is 15.4 Å². The predicted molar refractivity (Wildman–Crippen MR) is 128 cm³/mol. The Morgan fingerprint density at radius 1 is 1.10 bits per heavy atom. The molecule has 0 atom stereocenters. The zero-order valence-electron chi connectivity index (χ0n) is 17.2. The van der Waals surface area contributed by atoms with Crippen LogP contribution in [-0.4, -0.2) is 32.3 Å². The molecular weight excluding hydrogens is 480 g/mol. The summed E-state index contributed by atoms with van der Waals surface area (Å²) in [4.78, 5) is 4.66. The lowest BCUT2D eigenvalue weighted by molar-refractivity contribution is 0.0514. The van der Waals surface area contributed by atoms with Gasteiger partial charge in [0.2, 0.25) is 0 Å². The second-order valence-corrected chi connectivity index (χ2v) is 7.39. The molecule has 4 nitrogen and oxygen atoms in total. The Labute approximate surface area is 190 Å². The van der Waals surface area contributed by atoms with Gasteiger partial charge in [0.05, 0.1) is 6.54 Å². The molecule has 2 aromatic rings. The van der Waals surface area contributed by atoms with E-state index in [9.17, 15) is 4.39 Å². The molecule has 0 amide bonds. The highest BCUT2D eigenvalue weighted by Gasteiger charge is 2.34. The van der Waals surface area contributed by atoms with Gasteiger partial charge in [0.1, 0.15) is 5.82 Å². The smallest absolute Gasteiger partial charge is 0.191 e. The van der Waals surface area contributed by atoms with Gasteiger partial charge >= 0.3 is 0 Å². The van der Waals surface area contributed by atoms with Crippen molar-refractivity contribution in [1.29, 1.82) is 0 Å². The molecule has 0 saturated carbocycles. The number of hydrogen-bond donors (Lipinski definition) is 2. The van der Waals surface area contributed by atoms with E-state index in [1.165, 1.54) is 5.56 Å². The molecule has 158 valence electrons. The van der Waals surface area contributed by atoms with Crippen LogP contribution >= 0.6 is 24.0 Å².